The van der Waals surface area contributed by atoms with Crippen LogP contribution in [0.3, 0.4) is 0 Å². The van der Waals surface area contributed by atoms with Crippen molar-refractivity contribution < 1.29 is 69.0 Å². The number of rotatable bonds is 9. The first kappa shape index (κ1) is 35.5. The van der Waals surface area contributed by atoms with Crippen molar-refractivity contribution in [3.63, 3.8) is 0 Å². The van der Waals surface area contributed by atoms with E-state index in [2.05, 4.69) is 0 Å². The molecule has 0 aliphatic carbocycles. The van der Waals surface area contributed by atoms with Crippen LogP contribution in [0.4, 0.5) is 0 Å². The Bertz CT molecular complexity index is 1680. The van der Waals surface area contributed by atoms with Crippen molar-refractivity contribution in [1.82, 2.24) is 0 Å². The lowest BCUT2D eigenvalue weighted by Gasteiger charge is -2.39. The number of phenolic OH excluding ortho intramolecular Hbond substituents is 1. The Morgan fingerprint density at radius 2 is 1.50 bits per heavy atom. The van der Waals surface area contributed by atoms with Crippen molar-refractivity contribution in [2.24, 2.45) is 0 Å². The molecule has 0 saturated carbocycles. The Hall–Kier alpha value is -3.77. The van der Waals surface area contributed by atoms with Crippen LogP contribution in [-0.2, 0) is 15.9 Å². The Labute approximate surface area is 274 Å². The summed E-state index contributed by atoms with van der Waals surface area (Å²) in [7, 11) is 1.47. The maximum absolute atomic E-state index is 14.3. The topological polar surface area (TPSA) is 238 Å². The molecule has 3 heterocycles. The van der Waals surface area contributed by atoms with Gasteiger partial charge >= 0.3 is 0 Å². The molecule has 8 N–H and O–H groups in total. The molecule has 4 unspecified atom stereocenters. The molecule has 0 spiro atoms. The summed E-state index contributed by atoms with van der Waals surface area (Å²) in [5.41, 5.74) is 0.341. The highest BCUT2D eigenvalue weighted by molar-refractivity contribution is 5.91. The summed E-state index contributed by atoms with van der Waals surface area (Å²) >= 11 is 0. The predicted octanol–water partition coefficient (Wildman–Crippen LogP) is 0.0679. The quantitative estimate of drug-likeness (QED) is 0.140. The van der Waals surface area contributed by atoms with Gasteiger partial charge in [-0.05, 0) is 51.5 Å². The zero-order valence-corrected chi connectivity index (χ0v) is 26.6. The lowest BCUT2D eigenvalue weighted by molar-refractivity contribution is -0.277. The van der Waals surface area contributed by atoms with E-state index in [1.165, 1.54) is 14.0 Å². The summed E-state index contributed by atoms with van der Waals surface area (Å²) in [4.78, 5) is 14.3. The zero-order valence-electron chi connectivity index (χ0n) is 26.6. The number of hydrogen-bond acceptors (Lipinski definition) is 15. The predicted molar refractivity (Wildman–Crippen MR) is 167 cm³/mol. The number of fused-ring (bicyclic) bond motifs is 1. The van der Waals surface area contributed by atoms with Crippen LogP contribution in [0.2, 0.25) is 0 Å². The summed E-state index contributed by atoms with van der Waals surface area (Å²) in [6, 6.07) is 7.41. The van der Waals surface area contributed by atoms with E-state index in [-0.39, 0.29) is 34.5 Å². The van der Waals surface area contributed by atoms with Crippen molar-refractivity contribution in [1.29, 1.82) is 0 Å². The second-order valence-electron chi connectivity index (χ2n) is 12.0. The van der Waals surface area contributed by atoms with Crippen LogP contribution in [-0.4, -0.2) is 116 Å². The number of hydrogen-bond donors (Lipinski definition) is 8. The van der Waals surface area contributed by atoms with Crippen molar-refractivity contribution in [2.45, 2.75) is 88.6 Å². The first-order chi connectivity index (χ1) is 22.8. The highest BCUT2D eigenvalue weighted by atomic mass is 16.7. The fraction of sp³-hybridized carbons (Fsp3) is 0.485. The van der Waals surface area contributed by atoms with Crippen LogP contribution < -0.4 is 19.6 Å². The standard InChI is InChI=1S/C33H40O15/c1-13(2)5-10-17-19(45-33-28(42)26(40)23(37)20(12-34)46-33)11-18(35)21-24(38)31(48-32-27(41)25(39)22(36)14(3)44-32)29(47-30(17)21)15-6-8-16(43-4)9-7-15/h5-9,11,14,20,22-23,25-28,32-37,39-42H,10,12H2,1-4H3/t14?,20?,22-,23+,25?,26-,27-,28?,32-,33+/m0/s1. The van der Waals surface area contributed by atoms with E-state index >= 15 is 0 Å². The van der Waals surface area contributed by atoms with E-state index < -0.39 is 84.9 Å². The summed E-state index contributed by atoms with van der Waals surface area (Å²) in [6.07, 6.45) is -13.7. The molecule has 48 heavy (non-hydrogen) atoms. The number of benzene rings is 2. The van der Waals surface area contributed by atoms with Gasteiger partial charge in [0.2, 0.25) is 23.8 Å². The lowest BCUT2D eigenvalue weighted by Crippen LogP contribution is -2.60. The van der Waals surface area contributed by atoms with Gasteiger partial charge in [-0.25, -0.2) is 0 Å². The van der Waals surface area contributed by atoms with Crippen molar-refractivity contribution in [3.05, 3.63) is 57.8 Å². The maximum Gasteiger partial charge on any atom is 0.239 e. The Kier molecular flexibility index (Phi) is 10.6. The number of methoxy groups -OCH3 is 1. The molecule has 1 aromatic heterocycles. The van der Waals surface area contributed by atoms with Crippen molar-refractivity contribution in [3.8, 4) is 34.3 Å². The van der Waals surface area contributed by atoms with Crippen molar-refractivity contribution >= 4 is 11.0 Å². The van der Waals surface area contributed by atoms with Gasteiger partial charge in [0.15, 0.2) is 5.76 Å². The molecule has 5 rings (SSSR count). The van der Waals surface area contributed by atoms with E-state index in [0.717, 1.165) is 11.6 Å². The van der Waals surface area contributed by atoms with E-state index in [1.54, 1.807) is 30.3 Å². The summed E-state index contributed by atoms with van der Waals surface area (Å²) in [6.45, 7) is 4.40. The highest BCUT2D eigenvalue weighted by Crippen LogP contribution is 2.41. The fourth-order valence-corrected chi connectivity index (χ4v) is 5.52. The maximum atomic E-state index is 14.3. The molecule has 0 bridgehead atoms. The molecule has 2 fully saturated rings. The first-order valence-corrected chi connectivity index (χ1v) is 15.2. The normalized spacial score (nSPS) is 30.6. The minimum atomic E-state index is -1.77. The molecule has 2 aliphatic rings. The minimum Gasteiger partial charge on any atom is -0.507 e. The van der Waals surface area contributed by atoms with Gasteiger partial charge in [-0.15, -0.1) is 0 Å². The number of allylic oxidation sites excluding steroid dienone is 2. The largest absolute Gasteiger partial charge is 0.507 e. The van der Waals surface area contributed by atoms with Crippen LogP contribution in [0.5, 0.6) is 23.0 Å². The van der Waals surface area contributed by atoms with Gasteiger partial charge in [0.05, 0.1) is 19.8 Å². The molecule has 15 nitrogen and oxygen atoms in total. The molecular weight excluding hydrogens is 636 g/mol. The molecule has 10 atom stereocenters. The van der Waals surface area contributed by atoms with Crippen LogP contribution in [0.25, 0.3) is 22.3 Å². The number of phenols is 1. The van der Waals surface area contributed by atoms with Gasteiger partial charge in [0, 0.05) is 17.2 Å². The van der Waals surface area contributed by atoms with E-state index in [0.29, 0.717) is 11.3 Å². The van der Waals surface area contributed by atoms with Gasteiger partial charge in [-0.1, -0.05) is 11.6 Å². The van der Waals surface area contributed by atoms with E-state index in [1.807, 2.05) is 13.8 Å². The SMILES string of the molecule is COc1ccc(-c2oc3c(CC=C(C)C)c(O[C@@H]4OC(CO)[C@@H](O)[C@H](O)C4O)cc(O)c3c(=O)c2O[C@@H]2OC(C)[C@H](O)C(O)[C@@H]2O)cc1. The number of aliphatic hydroxyl groups excluding tert-OH is 7. The molecule has 0 radical (unpaired) electrons. The summed E-state index contributed by atoms with van der Waals surface area (Å²) in [5.74, 6) is -0.922. The number of ether oxygens (including phenoxy) is 5. The third-order valence-electron chi connectivity index (χ3n) is 8.37. The van der Waals surface area contributed by atoms with Crippen LogP contribution in [0.1, 0.15) is 26.3 Å². The Balaban J connectivity index is 1.71. The molecule has 0 amide bonds. The Morgan fingerprint density at radius 1 is 0.875 bits per heavy atom. The average molecular weight is 677 g/mol. The molecule has 3 aromatic rings. The third kappa shape index (κ3) is 6.74. The molecular formula is C33H40O15. The van der Waals surface area contributed by atoms with Gasteiger partial charge in [-0.3, -0.25) is 4.79 Å². The molecule has 15 heteroatoms. The minimum absolute atomic E-state index is 0.0725. The Morgan fingerprint density at radius 3 is 2.10 bits per heavy atom. The monoisotopic (exact) mass is 676 g/mol. The van der Waals surface area contributed by atoms with Crippen LogP contribution in [0, 0.1) is 0 Å². The highest BCUT2D eigenvalue weighted by Gasteiger charge is 2.46. The first-order valence-electron chi connectivity index (χ1n) is 15.2. The lowest BCUT2D eigenvalue weighted by atomic mass is 9.99. The smallest absolute Gasteiger partial charge is 0.239 e. The fourth-order valence-electron chi connectivity index (χ4n) is 5.52. The third-order valence-corrected chi connectivity index (χ3v) is 8.37. The number of aromatic hydroxyl groups is 1. The molecule has 2 saturated heterocycles. The molecule has 2 aliphatic heterocycles. The zero-order chi connectivity index (χ0) is 35.0. The molecule has 262 valence electrons. The second-order valence-corrected chi connectivity index (χ2v) is 12.0. The van der Waals surface area contributed by atoms with Crippen molar-refractivity contribution in [2.75, 3.05) is 13.7 Å². The van der Waals surface area contributed by atoms with Crippen LogP contribution in [0.15, 0.2) is 51.2 Å². The molecule has 2 aromatic carbocycles. The average Bonchev–Trinajstić information content (AvgIpc) is 3.06. The summed E-state index contributed by atoms with van der Waals surface area (Å²) in [5, 5.41) is 82.9. The summed E-state index contributed by atoms with van der Waals surface area (Å²) < 4.78 is 34.5. The van der Waals surface area contributed by atoms with Gasteiger partial charge in [0.25, 0.3) is 0 Å². The van der Waals surface area contributed by atoms with Gasteiger partial charge < -0.3 is 69.0 Å². The van der Waals surface area contributed by atoms with Gasteiger partial charge in [-0.2, -0.15) is 0 Å². The van der Waals surface area contributed by atoms with Crippen LogP contribution >= 0.6 is 0 Å². The van der Waals surface area contributed by atoms with Gasteiger partial charge in [0.1, 0.15) is 70.9 Å². The van der Waals surface area contributed by atoms with E-state index in [9.17, 15) is 45.6 Å². The van der Waals surface area contributed by atoms with E-state index in [4.69, 9.17) is 28.1 Å². The second kappa shape index (κ2) is 14.4. The number of aliphatic hydroxyl groups is 7.